The van der Waals surface area contributed by atoms with Crippen LogP contribution in [0.4, 0.5) is 0 Å². The fraction of sp³-hybridized carbons (Fsp3) is 0.571. The third-order valence-corrected chi connectivity index (χ3v) is 3.09. The second kappa shape index (κ2) is 6.59. The molecule has 0 heterocycles. The fourth-order valence-electron chi connectivity index (χ4n) is 1.42. The lowest BCUT2D eigenvalue weighted by Gasteiger charge is -2.25. The van der Waals surface area contributed by atoms with Gasteiger partial charge in [-0.1, -0.05) is 13.0 Å². The van der Waals surface area contributed by atoms with Crippen LogP contribution in [0.1, 0.15) is 34.1 Å². The highest BCUT2D eigenvalue weighted by atomic mass is 127. The Morgan fingerprint density at radius 1 is 1.35 bits per heavy atom. The maximum absolute atomic E-state index is 5.97. The topological polar surface area (TPSA) is 21.3 Å². The first-order valence-electron chi connectivity index (χ1n) is 6.08. The second-order valence-corrected chi connectivity index (χ2v) is 6.48. The van der Waals surface area contributed by atoms with Gasteiger partial charge in [-0.25, -0.2) is 0 Å². The lowest BCUT2D eigenvalue weighted by Crippen LogP contribution is -2.42. The molecule has 17 heavy (non-hydrogen) atoms. The van der Waals surface area contributed by atoms with E-state index >= 15 is 0 Å². The number of ether oxygens (including phenoxy) is 1. The lowest BCUT2D eigenvalue weighted by molar-refractivity contribution is 0.181. The number of hydrogen-bond donors (Lipinski definition) is 1. The van der Waals surface area contributed by atoms with Gasteiger partial charge in [0.15, 0.2) is 0 Å². The molecule has 0 saturated heterocycles. The van der Waals surface area contributed by atoms with Gasteiger partial charge in [-0.2, -0.15) is 0 Å². The van der Waals surface area contributed by atoms with Crippen LogP contribution in [0.5, 0.6) is 5.75 Å². The van der Waals surface area contributed by atoms with Gasteiger partial charge in [-0.3, -0.25) is 0 Å². The van der Waals surface area contributed by atoms with Crippen molar-refractivity contribution in [3.8, 4) is 5.75 Å². The Labute approximate surface area is 118 Å². The minimum absolute atomic E-state index is 0.141. The second-order valence-electron chi connectivity index (χ2n) is 5.24. The van der Waals surface area contributed by atoms with Crippen LogP contribution >= 0.6 is 22.6 Å². The average molecular weight is 347 g/mol. The van der Waals surface area contributed by atoms with Gasteiger partial charge in [0.2, 0.25) is 0 Å². The Bertz CT molecular complexity index is 346. The molecule has 0 spiro atoms. The molecule has 0 aliphatic carbocycles. The smallest absolute Gasteiger partial charge is 0.120 e. The van der Waals surface area contributed by atoms with Gasteiger partial charge in [0, 0.05) is 15.7 Å². The van der Waals surface area contributed by atoms with E-state index in [1.54, 1.807) is 0 Å². The van der Waals surface area contributed by atoms with Crippen molar-refractivity contribution in [3.63, 3.8) is 0 Å². The van der Waals surface area contributed by atoms with Gasteiger partial charge in [0.05, 0.1) is 0 Å². The number of benzene rings is 1. The predicted octanol–water partition coefficient (Wildman–Crippen LogP) is 3.84. The number of nitrogens with one attached hydrogen (secondary N) is 1. The summed E-state index contributed by atoms with van der Waals surface area (Å²) in [6.45, 7) is 9.55. The van der Waals surface area contributed by atoms with Crippen LogP contribution in [0.3, 0.4) is 0 Å². The summed E-state index contributed by atoms with van der Waals surface area (Å²) in [5.74, 6) is 0.958. The van der Waals surface area contributed by atoms with Gasteiger partial charge >= 0.3 is 0 Å². The first-order chi connectivity index (χ1) is 7.90. The van der Waals surface area contributed by atoms with Crippen molar-refractivity contribution >= 4 is 22.6 Å². The quantitative estimate of drug-likeness (QED) is 0.818. The monoisotopic (exact) mass is 347 g/mol. The van der Waals surface area contributed by atoms with Crippen molar-refractivity contribution in [2.75, 3.05) is 6.54 Å². The highest BCUT2D eigenvalue weighted by Crippen LogP contribution is 2.17. The van der Waals surface area contributed by atoms with Gasteiger partial charge in [0.25, 0.3) is 0 Å². The molecular weight excluding hydrogens is 325 g/mol. The normalized spacial score (nSPS) is 13.5. The molecule has 0 aromatic heterocycles. The van der Waals surface area contributed by atoms with E-state index in [-0.39, 0.29) is 11.6 Å². The highest BCUT2D eigenvalue weighted by Gasteiger charge is 2.14. The molecule has 0 radical (unpaired) electrons. The molecule has 0 aliphatic heterocycles. The van der Waals surface area contributed by atoms with Crippen LogP contribution in [0, 0.1) is 3.57 Å². The van der Waals surface area contributed by atoms with Crippen molar-refractivity contribution in [2.24, 2.45) is 0 Å². The van der Waals surface area contributed by atoms with Crippen molar-refractivity contribution in [3.05, 3.63) is 27.8 Å². The number of rotatable bonds is 5. The Balaban J connectivity index is 2.52. The van der Waals surface area contributed by atoms with E-state index < -0.39 is 0 Å². The fourth-order valence-corrected chi connectivity index (χ4v) is 1.94. The van der Waals surface area contributed by atoms with Gasteiger partial charge in [0.1, 0.15) is 11.9 Å². The molecule has 96 valence electrons. The summed E-state index contributed by atoms with van der Waals surface area (Å²) in [6, 6.07) is 8.19. The zero-order chi connectivity index (χ0) is 12.9. The zero-order valence-corrected chi connectivity index (χ0v) is 13.2. The molecule has 2 nitrogen and oxygen atoms in total. The summed E-state index contributed by atoms with van der Waals surface area (Å²) in [4.78, 5) is 0. The summed E-state index contributed by atoms with van der Waals surface area (Å²) in [6.07, 6.45) is 1.24. The average Bonchev–Trinajstić information content (AvgIpc) is 2.23. The molecule has 1 unspecified atom stereocenters. The van der Waals surface area contributed by atoms with Crippen LogP contribution < -0.4 is 10.1 Å². The highest BCUT2D eigenvalue weighted by molar-refractivity contribution is 14.1. The Morgan fingerprint density at radius 2 is 2.06 bits per heavy atom. The molecule has 1 aromatic rings. The molecule has 0 saturated carbocycles. The Kier molecular flexibility index (Phi) is 5.73. The molecule has 1 N–H and O–H groups in total. The van der Waals surface area contributed by atoms with E-state index in [9.17, 15) is 0 Å². The number of halogens is 1. The van der Waals surface area contributed by atoms with E-state index in [2.05, 4.69) is 67.7 Å². The third kappa shape index (κ3) is 6.27. The first kappa shape index (κ1) is 14.8. The SMILES string of the molecule is CCC(CNC(C)(C)C)Oc1cccc(I)c1. The van der Waals surface area contributed by atoms with Crippen LogP contribution in [0.15, 0.2) is 24.3 Å². The molecule has 0 fully saturated rings. The van der Waals surface area contributed by atoms with E-state index in [4.69, 9.17) is 4.74 Å². The van der Waals surface area contributed by atoms with Crippen molar-refractivity contribution in [1.82, 2.24) is 5.32 Å². The van der Waals surface area contributed by atoms with E-state index in [1.807, 2.05) is 12.1 Å². The van der Waals surface area contributed by atoms with Crippen molar-refractivity contribution in [1.29, 1.82) is 0 Å². The van der Waals surface area contributed by atoms with Crippen LogP contribution in [0.2, 0.25) is 0 Å². The maximum Gasteiger partial charge on any atom is 0.120 e. The molecule has 0 aliphatic rings. The maximum atomic E-state index is 5.97. The van der Waals surface area contributed by atoms with Crippen LogP contribution in [-0.2, 0) is 0 Å². The molecule has 0 bridgehead atoms. The van der Waals surface area contributed by atoms with Gasteiger partial charge < -0.3 is 10.1 Å². The largest absolute Gasteiger partial charge is 0.489 e. The predicted molar refractivity (Wildman–Crippen MR) is 81.6 cm³/mol. The van der Waals surface area contributed by atoms with E-state index in [1.165, 1.54) is 3.57 Å². The molecular formula is C14H22INO. The zero-order valence-electron chi connectivity index (χ0n) is 11.1. The Morgan fingerprint density at radius 3 is 2.59 bits per heavy atom. The summed E-state index contributed by atoms with van der Waals surface area (Å²) in [5, 5.41) is 3.48. The lowest BCUT2D eigenvalue weighted by atomic mass is 10.1. The van der Waals surface area contributed by atoms with E-state index in [0.717, 1.165) is 18.7 Å². The van der Waals surface area contributed by atoms with Crippen molar-refractivity contribution in [2.45, 2.75) is 45.8 Å². The summed E-state index contributed by atoms with van der Waals surface area (Å²) in [5.41, 5.74) is 0.141. The molecule has 1 aromatic carbocycles. The van der Waals surface area contributed by atoms with E-state index in [0.29, 0.717) is 0 Å². The minimum atomic E-state index is 0.141. The van der Waals surface area contributed by atoms with Gasteiger partial charge in [-0.05, 0) is 68.0 Å². The molecule has 0 amide bonds. The summed E-state index contributed by atoms with van der Waals surface area (Å²) in [7, 11) is 0. The molecule has 1 atom stereocenters. The van der Waals surface area contributed by atoms with Crippen molar-refractivity contribution < 1.29 is 4.74 Å². The standard InChI is InChI=1S/C14H22INO/c1-5-12(10-16-14(2,3)4)17-13-8-6-7-11(15)9-13/h6-9,12,16H,5,10H2,1-4H3. The first-order valence-corrected chi connectivity index (χ1v) is 7.16. The molecule has 1 rings (SSSR count). The Hall–Kier alpha value is -0.290. The third-order valence-electron chi connectivity index (χ3n) is 2.41. The number of hydrogen-bond acceptors (Lipinski definition) is 2. The van der Waals surface area contributed by atoms with Gasteiger partial charge in [-0.15, -0.1) is 0 Å². The van der Waals surface area contributed by atoms with Crippen LogP contribution in [0.25, 0.3) is 0 Å². The molecule has 3 heteroatoms. The van der Waals surface area contributed by atoms with Crippen LogP contribution in [-0.4, -0.2) is 18.2 Å². The minimum Gasteiger partial charge on any atom is -0.489 e. The summed E-state index contributed by atoms with van der Waals surface area (Å²) < 4.78 is 7.18. The summed E-state index contributed by atoms with van der Waals surface area (Å²) >= 11 is 2.30.